The second-order valence-corrected chi connectivity index (χ2v) is 6.21. The highest BCUT2D eigenvalue weighted by Gasteiger charge is 2.21. The van der Waals surface area contributed by atoms with Gasteiger partial charge in [0.1, 0.15) is 5.75 Å². The van der Waals surface area contributed by atoms with Crippen molar-refractivity contribution in [1.82, 2.24) is 4.90 Å². The molecule has 3 rings (SSSR count). The fourth-order valence-corrected chi connectivity index (χ4v) is 3.03. The summed E-state index contributed by atoms with van der Waals surface area (Å²) in [5.74, 6) is 0.616. The van der Waals surface area contributed by atoms with Crippen LogP contribution in [0.3, 0.4) is 0 Å². The summed E-state index contributed by atoms with van der Waals surface area (Å²) in [7, 11) is 1.57. The fraction of sp³-hybridized carbons (Fsp3) is 0.300. The molecule has 1 saturated heterocycles. The van der Waals surface area contributed by atoms with Crippen LogP contribution in [0.2, 0.25) is 0 Å². The van der Waals surface area contributed by atoms with Crippen molar-refractivity contribution in [2.75, 3.05) is 30.8 Å². The van der Waals surface area contributed by atoms with Crippen molar-refractivity contribution < 1.29 is 14.3 Å². The van der Waals surface area contributed by atoms with Crippen LogP contribution in [-0.2, 0) is 0 Å². The van der Waals surface area contributed by atoms with Crippen LogP contribution < -0.4 is 15.4 Å². The minimum absolute atomic E-state index is 0.0398. The predicted octanol–water partition coefficient (Wildman–Crippen LogP) is 3.97. The molecular formula is C20H23N3O3. The van der Waals surface area contributed by atoms with Gasteiger partial charge in [-0.25, -0.2) is 4.79 Å². The molecule has 0 bridgehead atoms. The van der Waals surface area contributed by atoms with E-state index < -0.39 is 6.03 Å². The summed E-state index contributed by atoms with van der Waals surface area (Å²) in [5, 5.41) is 5.53. The molecule has 2 N–H and O–H groups in total. The minimum atomic E-state index is -0.405. The summed E-state index contributed by atoms with van der Waals surface area (Å²) >= 11 is 0. The first kappa shape index (κ1) is 17.8. The van der Waals surface area contributed by atoms with Crippen LogP contribution >= 0.6 is 0 Å². The molecule has 136 valence electrons. The summed E-state index contributed by atoms with van der Waals surface area (Å²) in [5.41, 5.74) is 1.63. The van der Waals surface area contributed by atoms with Crippen LogP contribution in [0.5, 0.6) is 5.75 Å². The Morgan fingerprint density at radius 3 is 2.50 bits per heavy atom. The largest absolute Gasteiger partial charge is 0.497 e. The first-order valence-corrected chi connectivity index (χ1v) is 8.78. The second kappa shape index (κ2) is 8.38. The highest BCUT2D eigenvalue weighted by molar-refractivity contribution is 6.06. The van der Waals surface area contributed by atoms with Crippen LogP contribution in [0.25, 0.3) is 0 Å². The van der Waals surface area contributed by atoms with E-state index in [9.17, 15) is 9.59 Å². The van der Waals surface area contributed by atoms with Crippen molar-refractivity contribution in [1.29, 1.82) is 0 Å². The van der Waals surface area contributed by atoms with Crippen LogP contribution in [-0.4, -0.2) is 37.0 Å². The molecule has 1 aliphatic heterocycles. The van der Waals surface area contributed by atoms with Crippen molar-refractivity contribution in [2.24, 2.45) is 0 Å². The van der Waals surface area contributed by atoms with Crippen LogP contribution in [0.4, 0.5) is 16.2 Å². The molecule has 1 aliphatic rings. The average Bonchev–Trinajstić information content (AvgIpc) is 2.68. The molecule has 26 heavy (non-hydrogen) atoms. The summed E-state index contributed by atoms with van der Waals surface area (Å²) in [6.07, 6.45) is 3.21. The molecule has 2 aromatic carbocycles. The Hall–Kier alpha value is -3.02. The molecule has 3 amide bonds. The van der Waals surface area contributed by atoms with Gasteiger partial charge in [0.2, 0.25) is 0 Å². The van der Waals surface area contributed by atoms with Gasteiger partial charge in [-0.3, -0.25) is 4.79 Å². The van der Waals surface area contributed by atoms with Gasteiger partial charge in [0.25, 0.3) is 5.91 Å². The van der Waals surface area contributed by atoms with Gasteiger partial charge in [-0.15, -0.1) is 0 Å². The van der Waals surface area contributed by atoms with E-state index in [4.69, 9.17) is 4.74 Å². The first-order valence-electron chi connectivity index (χ1n) is 8.78. The third kappa shape index (κ3) is 4.33. The van der Waals surface area contributed by atoms with Gasteiger partial charge in [0.05, 0.1) is 18.4 Å². The normalized spacial score (nSPS) is 13.8. The van der Waals surface area contributed by atoms with Crippen molar-refractivity contribution in [3.63, 3.8) is 0 Å². The maximum Gasteiger partial charge on any atom is 0.323 e. The lowest BCUT2D eigenvalue weighted by molar-refractivity contribution is 0.0725. The number of nitrogens with one attached hydrogen (secondary N) is 2. The predicted molar refractivity (Wildman–Crippen MR) is 102 cm³/mol. The maximum absolute atomic E-state index is 12.8. The number of carbonyl (C=O) groups is 2. The first-order chi connectivity index (χ1) is 12.7. The third-order valence-corrected chi connectivity index (χ3v) is 4.38. The number of carbonyl (C=O) groups excluding carboxylic acids is 2. The lowest BCUT2D eigenvalue weighted by Gasteiger charge is -2.27. The second-order valence-electron chi connectivity index (χ2n) is 6.21. The summed E-state index contributed by atoms with van der Waals surface area (Å²) in [4.78, 5) is 27.0. The number of rotatable bonds is 4. The zero-order chi connectivity index (χ0) is 18.4. The molecule has 1 fully saturated rings. The van der Waals surface area contributed by atoms with E-state index in [1.165, 1.54) is 0 Å². The molecule has 0 atom stereocenters. The van der Waals surface area contributed by atoms with Crippen molar-refractivity contribution >= 4 is 23.3 Å². The van der Waals surface area contributed by atoms with Crippen molar-refractivity contribution in [3.05, 3.63) is 54.1 Å². The number of urea groups is 1. The van der Waals surface area contributed by atoms with E-state index in [1.54, 1.807) is 49.6 Å². The number of amides is 3. The number of hydrogen-bond acceptors (Lipinski definition) is 3. The molecule has 0 aromatic heterocycles. The van der Waals surface area contributed by atoms with Crippen LogP contribution in [0.1, 0.15) is 29.6 Å². The summed E-state index contributed by atoms with van der Waals surface area (Å²) in [6.45, 7) is 1.53. The van der Waals surface area contributed by atoms with Gasteiger partial charge in [-0.05, 0) is 43.5 Å². The molecule has 0 unspecified atom stereocenters. The monoisotopic (exact) mass is 353 g/mol. The minimum Gasteiger partial charge on any atom is -0.497 e. The Labute approximate surface area is 153 Å². The van der Waals surface area contributed by atoms with Gasteiger partial charge in [-0.2, -0.15) is 0 Å². The number of benzene rings is 2. The van der Waals surface area contributed by atoms with E-state index in [0.29, 0.717) is 22.7 Å². The highest BCUT2D eigenvalue weighted by Crippen LogP contribution is 2.21. The number of para-hydroxylation sites is 1. The van der Waals surface area contributed by atoms with Crippen molar-refractivity contribution in [3.8, 4) is 5.75 Å². The molecule has 0 saturated carbocycles. The molecule has 2 aromatic rings. The molecule has 0 aliphatic carbocycles. The van der Waals surface area contributed by atoms with E-state index in [-0.39, 0.29) is 5.91 Å². The van der Waals surface area contributed by atoms with Crippen LogP contribution in [0, 0.1) is 0 Å². The number of piperidine rings is 1. The van der Waals surface area contributed by atoms with Crippen LogP contribution in [0.15, 0.2) is 48.5 Å². The summed E-state index contributed by atoms with van der Waals surface area (Å²) in [6, 6.07) is 13.8. The topological polar surface area (TPSA) is 70.7 Å². The number of nitrogens with zero attached hydrogens (tertiary/aromatic N) is 1. The average molecular weight is 353 g/mol. The molecule has 1 heterocycles. The SMILES string of the molecule is COc1cccc(NC(=O)Nc2ccccc2C(=O)N2CCCCC2)c1. The number of likely N-dealkylation sites (tertiary alicyclic amines) is 1. The van der Waals surface area contributed by atoms with Gasteiger partial charge in [-0.1, -0.05) is 18.2 Å². The highest BCUT2D eigenvalue weighted by atomic mass is 16.5. The number of anilines is 2. The standard InChI is InChI=1S/C20H23N3O3/c1-26-16-9-7-8-15(14-16)21-20(25)22-18-11-4-3-10-17(18)19(24)23-12-5-2-6-13-23/h3-4,7-11,14H,2,5-6,12-13H2,1H3,(H2,21,22,25). The quantitative estimate of drug-likeness (QED) is 0.874. The Balaban J connectivity index is 1.71. The lowest BCUT2D eigenvalue weighted by Crippen LogP contribution is -2.36. The fourth-order valence-electron chi connectivity index (χ4n) is 3.03. The third-order valence-electron chi connectivity index (χ3n) is 4.38. The lowest BCUT2D eigenvalue weighted by atomic mass is 10.1. The Morgan fingerprint density at radius 2 is 1.73 bits per heavy atom. The van der Waals surface area contributed by atoms with E-state index in [2.05, 4.69) is 10.6 Å². The van der Waals surface area contributed by atoms with E-state index >= 15 is 0 Å². The number of ether oxygens (including phenoxy) is 1. The van der Waals surface area contributed by atoms with E-state index in [1.807, 2.05) is 11.0 Å². The smallest absolute Gasteiger partial charge is 0.323 e. The zero-order valence-electron chi connectivity index (χ0n) is 14.8. The molecule has 0 spiro atoms. The number of hydrogen-bond donors (Lipinski definition) is 2. The molecular weight excluding hydrogens is 330 g/mol. The Morgan fingerprint density at radius 1 is 0.962 bits per heavy atom. The number of methoxy groups -OCH3 is 1. The van der Waals surface area contributed by atoms with E-state index in [0.717, 1.165) is 32.4 Å². The van der Waals surface area contributed by atoms with Crippen molar-refractivity contribution in [2.45, 2.75) is 19.3 Å². The Bertz CT molecular complexity index is 785. The molecule has 6 nitrogen and oxygen atoms in total. The summed E-state index contributed by atoms with van der Waals surface area (Å²) < 4.78 is 5.15. The van der Waals surface area contributed by atoms with Gasteiger partial charge < -0.3 is 20.3 Å². The maximum atomic E-state index is 12.8. The molecule has 6 heteroatoms. The zero-order valence-corrected chi connectivity index (χ0v) is 14.8. The Kier molecular flexibility index (Phi) is 5.73. The molecule has 0 radical (unpaired) electrons. The van der Waals surface area contributed by atoms with Gasteiger partial charge >= 0.3 is 6.03 Å². The van der Waals surface area contributed by atoms with Gasteiger partial charge in [0.15, 0.2) is 0 Å². The van der Waals surface area contributed by atoms with Gasteiger partial charge in [0, 0.05) is 24.8 Å².